The molecule has 2 aliphatic heterocycles. The minimum atomic E-state index is 0. The molecule has 1 N–H and O–H groups in total. The molecule has 2 saturated heterocycles. The van der Waals surface area contributed by atoms with Crippen LogP contribution in [0, 0.1) is 0 Å². The van der Waals surface area contributed by atoms with Crippen molar-refractivity contribution in [2.24, 2.45) is 0 Å². The van der Waals surface area contributed by atoms with Gasteiger partial charge in [-0.2, -0.15) is 0 Å². The summed E-state index contributed by atoms with van der Waals surface area (Å²) in [5, 5.41) is 3.26. The van der Waals surface area contributed by atoms with E-state index in [4.69, 9.17) is 9.47 Å². The first-order chi connectivity index (χ1) is 9.29. The average Bonchev–Trinajstić information content (AvgIpc) is 2.48. The Morgan fingerprint density at radius 2 is 2.10 bits per heavy atom. The molecule has 2 rings (SSSR count). The summed E-state index contributed by atoms with van der Waals surface area (Å²) in [6, 6.07) is 0.453. The van der Waals surface area contributed by atoms with Crippen LogP contribution in [0.3, 0.4) is 0 Å². The molecule has 0 spiro atoms. The van der Waals surface area contributed by atoms with Gasteiger partial charge in [0.05, 0.1) is 19.1 Å². The number of likely N-dealkylation sites (tertiary alicyclic amines) is 1. The molecule has 0 aliphatic carbocycles. The summed E-state index contributed by atoms with van der Waals surface area (Å²) in [5.41, 5.74) is 0. The second kappa shape index (κ2) is 9.55. The van der Waals surface area contributed by atoms with Crippen molar-refractivity contribution in [3.63, 3.8) is 0 Å². The van der Waals surface area contributed by atoms with Gasteiger partial charge in [-0.05, 0) is 32.7 Å². The van der Waals surface area contributed by atoms with Gasteiger partial charge < -0.3 is 19.7 Å². The first-order valence-electron chi connectivity index (χ1n) is 7.44. The highest BCUT2D eigenvalue weighted by Gasteiger charge is 2.22. The van der Waals surface area contributed by atoms with Crippen LogP contribution in [0.1, 0.15) is 32.1 Å². The number of hydrogen-bond donors (Lipinski definition) is 1. The number of nitrogens with zero attached hydrogens (tertiary/aromatic N) is 1. The number of likely N-dealkylation sites (N-methyl/N-ethyl adjacent to an activating group) is 1. The molecule has 0 aromatic carbocycles. The van der Waals surface area contributed by atoms with E-state index in [-0.39, 0.29) is 24.4 Å². The Balaban J connectivity index is 0.00000200. The number of ether oxygens (including phenoxy) is 2. The Morgan fingerprint density at radius 1 is 1.35 bits per heavy atom. The first kappa shape index (κ1) is 17.7. The number of amides is 1. The number of carbonyl (C=O) groups is 1. The molecule has 6 heteroatoms. The summed E-state index contributed by atoms with van der Waals surface area (Å²) in [5.74, 6) is 0.229. The summed E-state index contributed by atoms with van der Waals surface area (Å²) >= 11 is 0. The van der Waals surface area contributed by atoms with E-state index in [0.29, 0.717) is 19.1 Å². The number of carbonyl (C=O) groups excluding carboxylic acids is 1. The lowest BCUT2D eigenvalue weighted by molar-refractivity contribution is -0.134. The van der Waals surface area contributed by atoms with E-state index < -0.39 is 0 Å². The lowest BCUT2D eigenvalue weighted by Gasteiger charge is -2.32. The molecule has 5 nitrogen and oxygen atoms in total. The van der Waals surface area contributed by atoms with E-state index in [0.717, 1.165) is 45.6 Å². The Bertz CT molecular complexity index is 286. The van der Waals surface area contributed by atoms with E-state index >= 15 is 0 Å². The van der Waals surface area contributed by atoms with Gasteiger partial charge in [0.2, 0.25) is 5.91 Å². The minimum absolute atomic E-state index is 0. The van der Waals surface area contributed by atoms with Crippen LogP contribution in [0.5, 0.6) is 0 Å². The molecule has 1 atom stereocenters. The SMILES string of the molecule is CNC1CCCN(C(=O)CCOC2CCOCC2)C1.Cl. The van der Waals surface area contributed by atoms with E-state index in [1.165, 1.54) is 6.42 Å². The van der Waals surface area contributed by atoms with Crippen LogP contribution in [-0.4, -0.2) is 62.9 Å². The Hall–Kier alpha value is -0.360. The topological polar surface area (TPSA) is 50.8 Å². The third-order valence-corrected chi connectivity index (χ3v) is 4.02. The van der Waals surface area contributed by atoms with Crippen molar-refractivity contribution < 1.29 is 14.3 Å². The lowest BCUT2D eigenvalue weighted by Crippen LogP contribution is -2.47. The summed E-state index contributed by atoms with van der Waals surface area (Å²) in [6.45, 7) is 3.86. The molecule has 118 valence electrons. The molecule has 2 aliphatic rings. The minimum Gasteiger partial charge on any atom is -0.381 e. The molecule has 1 unspecified atom stereocenters. The molecular formula is C14H27ClN2O3. The largest absolute Gasteiger partial charge is 0.381 e. The van der Waals surface area contributed by atoms with Crippen LogP contribution in [0.2, 0.25) is 0 Å². The van der Waals surface area contributed by atoms with E-state index in [1.807, 2.05) is 11.9 Å². The zero-order valence-electron chi connectivity index (χ0n) is 12.3. The number of hydrogen-bond acceptors (Lipinski definition) is 4. The fourth-order valence-corrected chi connectivity index (χ4v) is 2.75. The molecule has 20 heavy (non-hydrogen) atoms. The second-order valence-corrected chi connectivity index (χ2v) is 5.40. The van der Waals surface area contributed by atoms with Crippen molar-refractivity contribution in [2.45, 2.75) is 44.2 Å². The summed E-state index contributed by atoms with van der Waals surface area (Å²) in [6.07, 6.45) is 4.97. The van der Waals surface area contributed by atoms with Crippen molar-refractivity contribution in [3.05, 3.63) is 0 Å². The average molecular weight is 307 g/mol. The monoisotopic (exact) mass is 306 g/mol. The van der Waals surface area contributed by atoms with Crippen LogP contribution in [0.4, 0.5) is 0 Å². The van der Waals surface area contributed by atoms with Crippen molar-refractivity contribution in [1.82, 2.24) is 10.2 Å². The Morgan fingerprint density at radius 3 is 2.80 bits per heavy atom. The summed E-state index contributed by atoms with van der Waals surface area (Å²) in [7, 11) is 1.97. The maximum atomic E-state index is 12.1. The van der Waals surface area contributed by atoms with Crippen molar-refractivity contribution in [3.8, 4) is 0 Å². The predicted octanol–water partition coefficient (Wildman–Crippen LogP) is 1.20. The molecule has 0 bridgehead atoms. The van der Waals surface area contributed by atoms with Gasteiger partial charge in [-0.1, -0.05) is 0 Å². The van der Waals surface area contributed by atoms with Gasteiger partial charge in [0.1, 0.15) is 0 Å². The van der Waals surface area contributed by atoms with Crippen LogP contribution >= 0.6 is 12.4 Å². The zero-order chi connectivity index (χ0) is 13.5. The fourth-order valence-electron chi connectivity index (χ4n) is 2.75. The van der Waals surface area contributed by atoms with Gasteiger partial charge in [-0.25, -0.2) is 0 Å². The third kappa shape index (κ3) is 5.56. The van der Waals surface area contributed by atoms with Crippen LogP contribution in [0.15, 0.2) is 0 Å². The predicted molar refractivity (Wildman–Crippen MR) is 80.3 cm³/mol. The zero-order valence-corrected chi connectivity index (χ0v) is 13.1. The van der Waals surface area contributed by atoms with E-state index in [9.17, 15) is 4.79 Å². The fraction of sp³-hybridized carbons (Fsp3) is 0.929. The maximum absolute atomic E-state index is 12.1. The third-order valence-electron chi connectivity index (χ3n) is 4.02. The van der Waals surface area contributed by atoms with Gasteiger partial charge >= 0.3 is 0 Å². The number of piperidine rings is 1. The lowest BCUT2D eigenvalue weighted by atomic mass is 10.1. The van der Waals surface area contributed by atoms with E-state index in [1.54, 1.807) is 0 Å². The van der Waals surface area contributed by atoms with Gasteiger partial charge in [0.15, 0.2) is 0 Å². The molecule has 2 heterocycles. The van der Waals surface area contributed by atoms with Gasteiger partial charge in [0, 0.05) is 32.3 Å². The van der Waals surface area contributed by atoms with Gasteiger partial charge in [-0.15, -0.1) is 12.4 Å². The molecule has 0 aromatic heterocycles. The number of halogens is 1. The summed E-state index contributed by atoms with van der Waals surface area (Å²) < 4.78 is 11.0. The van der Waals surface area contributed by atoms with Crippen LogP contribution < -0.4 is 5.32 Å². The van der Waals surface area contributed by atoms with Gasteiger partial charge in [-0.3, -0.25) is 4.79 Å². The highest BCUT2D eigenvalue weighted by Crippen LogP contribution is 2.13. The van der Waals surface area contributed by atoms with E-state index in [2.05, 4.69) is 5.32 Å². The number of nitrogens with one attached hydrogen (secondary N) is 1. The second-order valence-electron chi connectivity index (χ2n) is 5.40. The highest BCUT2D eigenvalue weighted by molar-refractivity contribution is 5.85. The van der Waals surface area contributed by atoms with Crippen LogP contribution in [-0.2, 0) is 14.3 Å². The van der Waals surface area contributed by atoms with Crippen molar-refractivity contribution >= 4 is 18.3 Å². The molecule has 0 saturated carbocycles. The molecule has 0 aromatic rings. The standard InChI is InChI=1S/C14H26N2O3.ClH/c1-15-12-3-2-7-16(11-12)14(17)6-10-19-13-4-8-18-9-5-13;/h12-13,15H,2-11H2,1H3;1H. The highest BCUT2D eigenvalue weighted by atomic mass is 35.5. The normalized spacial score (nSPS) is 24.2. The number of rotatable bonds is 5. The molecular weight excluding hydrogens is 280 g/mol. The van der Waals surface area contributed by atoms with Gasteiger partial charge in [0.25, 0.3) is 0 Å². The molecule has 2 fully saturated rings. The Labute approximate surface area is 127 Å². The summed E-state index contributed by atoms with van der Waals surface area (Å²) in [4.78, 5) is 14.1. The molecule has 0 radical (unpaired) electrons. The Kier molecular flexibility index (Phi) is 8.45. The maximum Gasteiger partial charge on any atom is 0.224 e. The molecule has 1 amide bonds. The van der Waals surface area contributed by atoms with Crippen molar-refractivity contribution in [2.75, 3.05) is 40.0 Å². The smallest absolute Gasteiger partial charge is 0.224 e. The first-order valence-corrected chi connectivity index (χ1v) is 7.44. The van der Waals surface area contributed by atoms with Crippen LogP contribution in [0.25, 0.3) is 0 Å². The quantitative estimate of drug-likeness (QED) is 0.829. The van der Waals surface area contributed by atoms with Crippen molar-refractivity contribution in [1.29, 1.82) is 0 Å².